The number of carbonyl (C=O) groups excluding carboxylic acids is 1. The Balaban J connectivity index is 1.64. The van der Waals surface area contributed by atoms with Gasteiger partial charge in [0.1, 0.15) is 5.82 Å². The Kier molecular flexibility index (Phi) is 4.32. The maximum atomic E-state index is 13.3. The Morgan fingerprint density at radius 2 is 1.87 bits per heavy atom. The molecular formula is C24H20N4O2. The number of aromatic amines is 1. The number of para-hydroxylation sites is 1. The number of nitrogens with one attached hydrogen (secondary N) is 1. The maximum absolute atomic E-state index is 13.3. The van der Waals surface area contributed by atoms with Crippen LogP contribution in [0.5, 0.6) is 0 Å². The number of hydrogen-bond donors (Lipinski definition) is 1. The molecule has 0 unspecified atom stereocenters. The third-order valence-corrected chi connectivity index (χ3v) is 5.41. The van der Waals surface area contributed by atoms with Gasteiger partial charge >= 0.3 is 0 Å². The van der Waals surface area contributed by atoms with Crippen molar-refractivity contribution in [2.75, 3.05) is 11.4 Å². The number of amides is 1. The first-order chi connectivity index (χ1) is 14.6. The van der Waals surface area contributed by atoms with Crippen LogP contribution in [0.3, 0.4) is 0 Å². The molecule has 0 spiro atoms. The SMILES string of the molecule is Cc1cccc(C(=O)N2CCc3c([nH]n(-c4ccccc4)c3=O)-c3cccnc32)c1. The highest BCUT2D eigenvalue weighted by Crippen LogP contribution is 2.33. The minimum atomic E-state index is -0.118. The number of hydrogen-bond acceptors (Lipinski definition) is 3. The zero-order chi connectivity index (χ0) is 20.7. The van der Waals surface area contributed by atoms with Crippen molar-refractivity contribution in [2.45, 2.75) is 13.3 Å². The maximum Gasteiger partial charge on any atom is 0.275 e. The van der Waals surface area contributed by atoms with E-state index in [1.54, 1.807) is 15.8 Å². The lowest BCUT2D eigenvalue weighted by atomic mass is 10.1. The third kappa shape index (κ3) is 2.93. The molecule has 0 saturated heterocycles. The lowest BCUT2D eigenvalue weighted by Crippen LogP contribution is -2.34. The second kappa shape index (κ2) is 7.15. The van der Waals surface area contributed by atoms with E-state index in [-0.39, 0.29) is 11.5 Å². The molecule has 1 amide bonds. The molecule has 30 heavy (non-hydrogen) atoms. The first kappa shape index (κ1) is 18.1. The smallest absolute Gasteiger partial charge is 0.275 e. The van der Waals surface area contributed by atoms with Crippen LogP contribution in [0.1, 0.15) is 21.5 Å². The van der Waals surface area contributed by atoms with E-state index in [1.807, 2.05) is 73.7 Å². The van der Waals surface area contributed by atoms with E-state index in [4.69, 9.17) is 0 Å². The molecule has 6 heteroatoms. The average Bonchev–Trinajstić information content (AvgIpc) is 3.01. The Bertz CT molecular complexity index is 1300. The number of aryl methyl sites for hydroxylation is 1. The molecule has 1 aliphatic rings. The molecule has 0 radical (unpaired) electrons. The van der Waals surface area contributed by atoms with Crippen LogP contribution in [0.4, 0.5) is 5.82 Å². The van der Waals surface area contributed by atoms with Crippen LogP contribution < -0.4 is 10.5 Å². The summed E-state index contributed by atoms with van der Waals surface area (Å²) in [6.07, 6.45) is 2.12. The molecule has 2 aromatic carbocycles. The molecule has 2 aromatic heterocycles. The monoisotopic (exact) mass is 396 g/mol. The molecule has 0 aliphatic carbocycles. The molecule has 148 valence electrons. The van der Waals surface area contributed by atoms with E-state index in [0.717, 1.165) is 16.8 Å². The largest absolute Gasteiger partial charge is 0.292 e. The lowest BCUT2D eigenvalue weighted by Gasteiger charge is -2.22. The lowest BCUT2D eigenvalue weighted by molar-refractivity contribution is 0.0986. The van der Waals surface area contributed by atoms with Gasteiger partial charge in [0.2, 0.25) is 0 Å². The summed E-state index contributed by atoms with van der Waals surface area (Å²) in [7, 11) is 0. The second-order valence-corrected chi connectivity index (χ2v) is 7.39. The van der Waals surface area contributed by atoms with Crippen LogP contribution in [0.2, 0.25) is 0 Å². The van der Waals surface area contributed by atoms with E-state index >= 15 is 0 Å². The van der Waals surface area contributed by atoms with Gasteiger partial charge in [-0.3, -0.25) is 19.6 Å². The quantitative estimate of drug-likeness (QED) is 0.561. The van der Waals surface area contributed by atoms with Crippen molar-refractivity contribution in [3.05, 3.63) is 100.0 Å². The summed E-state index contributed by atoms with van der Waals surface area (Å²) in [5.41, 5.74) is 4.42. The minimum Gasteiger partial charge on any atom is -0.292 e. The second-order valence-electron chi connectivity index (χ2n) is 7.39. The highest BCUT2D eigenvalue weighted by molar-refractivity contribution is 6.07. The predicted molar refractivity (Wildman–Crippen MR) is 116 cm³/mol. The summed E-state index contributed by atoms with van der Waals surface area (Å²) in [4.78, 5) is 32.7. The number of anilines is 1. The van der Waals surface area contributed by atoms with E-state index in [2.05, 4.69) is 10.1 Å². The van der Waals surface area contributed by atoms with Crippen molar-refractivity contribution in [1.82, 2.24) is 14.8 Å². The van der Waals surface area contributed by atoms with Gasteiger partial charge in [-0.25, -0.2) is 9.67 Å². The normalized spacial score (nSPS) is 12.8. The first-order valence-electron chi connectivity index (χ1n) is 9.87. The summed E-state index contributed by atoms with van der Waals surface area (Å²) < 4.78 is 1.56. The topological polar surface area (TPSA) is 71.0 Å². The molecule has 0 atom stereocenters. The van der Waals surface area contributed by atoms with Crippen LogP contribution in [-0.4, -0.2) is 27.2 Å². The highest BCUT2D eigenvalue weighted by Gasteiger charge is 2.29. The van der Waals surface area contributed by atoms with Gasteiger partial charge in [0.05, 0.1) is 11.4 Å². The number of aromatic nitrogens is 3. The molecule has 1 aliphatic heterocycles. The van der Waals surface area contributed by atoms with Crippen molar-refractivity contribution in [1.29, 1.82) is 0 Å². The average molecular weight is 396 g/mol. The predicted octanol–water partition coefficient (Wildman–Crippen LogP) is 3.74. The molecule has 3 heterocycles. The fourth-order valence-corrected chi connectivity index (χ4v) is 3.95. The van der Waals surface area contributed by atoms with Crippen LogP contribution in [0.25, 0.3) is 16.9 Å². The van der Waals surface area contributed by atoms with Gasteiger partial charge in [-0.2, -0.15) is 0 Å². The third-order valence-electron chi connectivity index (χ3n) is 5.41. The number of benzene rings is 2. The fraction of sp³-hybridized carbons (Fsp3) is 0.125. The van der Waals surface area contributed by atoms with Crippen LogP contribution >= 0.6 is 0 Å². The summed E-state index contributed by atoms with van der Waals surface area (Å²) >= 11 is 0. The fourth-order valence-electron chi connectivity index (χ4n) is 3.95. The summed E-state index contributed by atoms with van der Waals surface area (Å²) in [5.74, 6) is 0.441. The van der Waals surface area contributed by atoms with E-state index in [1.165, 1.54) is 0 Å². The zero-order valence-electron chi connectivity index (χ0n) is 16.5. The Morgan fingerprint density at radius 3 is 2.67 bits per heavy atom. The number of fused-ring (bicyclic) bond motifs is 3. The van der Waals surface area contributed by atoms with Crippen LogP contribution in [0.15, 0.2) is 77.7 Å². The van der Waals surface area contributed by atoms with Crippen molar-refractivity contribution < 1.29 is 4.79 Å². The number of nitrogens with zero attached hydrogens (tertiary/aromatic N) is 3. The van der Waals surface area contributed by atoms with Crippen LogP contribution in [0, 0.1) is 6.92 Å². The summed E-state index contributed by atoms with van der Waals surface area (Å²) in [5, 5.41) is 3.25. The summed E-state index contributed by atoms with van der Waals surface area (Å²) in [6, 6.07) is 20.7. The number of H-pyrrole nitrogens is 1. The van der Waals surface area contributed by atoms with Gasteiger partial charge in [0, 0.05) is 29.4 Å². The van der Waals surface area contributed by atoms with Crippen molar-refractivity contribution in [3.8, 4) is 16.9 Å². The number of rotatable bonds is 2. The number of pyridine rings is 1. The van der Waals surface area contributed by atoms with E-state index in [0.29, 0.717) is 35.6 Å². The molecular weight excluding hydrogens is 376 g/mol. The molecule has 0 fully saturated rings. The number of carbonyl (C=O) groups is 1. The Labute approximate surface area is 173 Å². The van der Waals surface area contributed by atoms with E-state index < -0.39 is 0 Å². The zero-order valence-corrected chi connectivity index (χ0v) is 16.5. The minimum absolute atomic E-state index is 0.101. The van der Waals surface area contributed by atoms with Gasteiger partial charge < -0.3 is 0 Å². The molecule has 5 rings (SSSR count). The van der Waals surface area contributed by atoms with Crippen molar-refractivity contribution >= 4 is 11.7 Å². The van der Waals surface area contributed by atoms with Gasteiger partial charge in [0.15, 0.2) is 0 Å². The molecule has 0 saturated carbocycles. The van der Waals surface area contributed by atoms with Crippen LogP contribution in [-0.2, 0) is 6.42 Å². The van der Waals surface area contributed by atoms with E-state index in [9.17, 15) is 9.59 Å². The van der Waals surface area contributed by atoms with Gasteiger partial charge in [-0.05, 0) is 49.7 Å². The highest BCUT2D eigenvalue weighted by atomic mass is 16.2. The summed E-state index contributed by atoms with van der Waals surface area (Å²) in [6.45, 7) is 2.34. The van der Waals surface area contributed by atoms with Gasteiger partial charge in [-0.1, -0.05) is 35.9 Å². The first-order valence-corrected chi connectivity index (χ1v) is 9.87. The van der Waals surface area contributed by atoms with Gasteiger partial charge in [-0.15, -0.1) is 0 Å². The molecule has 4 aromatic rings. The Morgan fingerprint density at radius 1 is 1.03 bits per heavy atom. The molecule has 6 nitrogen and oxygen atoms in total. The standard InChI is InChI=1S/C24H20N4O2/c1-16-7-5-8-17(15-16)23(29)27-14-12-20-21(19-11-6-13-25-22(19)27)26-28(24(20)30)18-9-3-2-4-10-18/h2-11,13,15,26H,12,14H2,1H3. The molecule has 0 bridgehead atoms. The van der Waals surface area contributed by atoms with Gasteiger partial charge in [0.25, 0.3) is 11.5 Å². The molecule has 1 N–H and O–H groups in total. The van der Waals surface area contributed by atoms with Crippen molar-refractivity contribution in [3.63, 3.8) is 0 Å². The van der Waals surface area contributed by atoms with Crippen molar-refractivity contribution in [2.24, 2.45) is 0 Å². The Hall–Kier alpha value is -3.93.